The van der Waals surface area contributed by atoms with E-state index in [4.69, 9.17) is 5.26 Å². The largest absolute Gasteiger partial charge is 0.207 e. The van der Waals surface area contributed by atoms with Crippen molar-refractivity contribution in [3.8, 4) is 6.07 Å². The molecule has 0 N–H and O–H groups in total. The number of hydrogen-bond acceptors (Lipinski definition) is 1. The fraction of sp³-hybridized carbons (Fsp3) is 0.441. The molecule has 0 amide bonds. The first-order chi connectivity index (χ1) is 20.1. The molecule has 0 radical (unpaired) electrons. The summed E-state index contributed by atoms with van der Waals surface area (Å²) in [5.41, 5.74) is 0.220. The lowest BCUT2D eigenvalue weighted by Gasteiger charge is -2.32. The summed E-state index contributed by atoms with van der Waals surface area (Å²) in [5, 5.41) is 8.89. The second-order valence-corrected chi connectivity index (χ2v) is 11.8. The van der Waals surface area contributed by atoms with Crippen LogP contribution in [0.15, 0.2) is 24.3 Å². The van der Waals surface area contributed by atoms with Crippen molar-refractivity contribution >= 4 is 0 Å². The van der Waals surface area contributed by atoms with Gasteiger partial charge in [-0.15, -0.1) is 0 Å². The minimum absolute atomic E-state index is 0.00135. The average Bonchev–Trinajstić information content (AvgIpc) is 2.96. The standard InChI is InChI=1S/C34H32F7N/c1-2-3-19-13-27(35)24(28(36)14-19)11-5-18-4-10-23-25(12-18)33(40)34(41)31(32(23)39)21-8-6-20(7-9-21)22-15-29(37)26(17-42)30(38)16-22/h13-16,18,20-21H,2-12H2,1H3. The van der Waals surface area contributed by atoms with Crippen molar-refractivity contribution in [1.29, 1.82) is 5.26 Å². The number of rotatable bonds is 7. The summed E-state index contributed by atoms with van der Waals surface area (Å²) in [6.07, 6.45) is 4.05. The van der Waals surface area contributed by atoms with Gasteiger partial charge in [0.1, 0.15) is 40.7 Å². The zero-order chi connectivity index (χ0) is 30.1. The Morgan fingerprint density at radius 3 is 1.93 bits per heavy atom. The molecule has 1 saturated carbocycles. The normalized spacial score (nSPS) is 20.3. The van der Waals surface area contributed by atoms with Gasteiger partial charge in [-0.05, 0) is 128 Å². The van der Waals surface area contributed by atoms with E-state index in [1.165, 1.54) is 18.2 Å². The second-order valence-electron chi connectivity index (χ2n) is 11.8. The van der Waals surface area contributed by atoms with Crippen LogP contribution in [0.5, 0.6) is 0 Å². The van der Waals surface area contributed by atoms with Crippen LogP contribution in [0.4, 0.5) is 30.7 Å². The van der Waals surface area contributed by atoms with Crippen LogP contribution in [0.25, 0.3) is 0 Å². The lowest BCUT2D eigenvalue weighted by atomic mass is 9.73. The van der Waals surface area contributed by atoms with E-state index in [9.17, 15) is 17.6 Å². The predicted molar refractivity (Wildman–Crippen MR) is 146 cm³/mol. The molecule has 0 spiro atoms. The molecule has 0 heterocycles. The molecular weight excluding hydrogens is 555 g/mol. The molecule has 1 nitrogen and oxygen atoms in total. The van der Waals surface area contributed by atoms with Gasteiger partial charge in [-0.3, -0.25) is 0 Å². The fourth-order valence-electron chi connectivity index (χ4n) is 6.92. The molecule has 222 valence electrons. The maximum Gasteiger partial charge on any atom is 0.165 e. The van der Waals surface area contributed by atoms with Crippen LogP contribution in [0, 0.1) is 58.0 Å². The van der Waals surface area contributed by atoms with Gasteiger partial charge in [-0.25, -0.2) is 30.7 Å². The highest BCUT2D eigenvalue weighted by molar-refractivity contribution is 5.41. The fourth-order valence-corrected chi connectivity index (χ4v) is 6.92. The molecule has 8 heteroatoms. The molecule has 2 aliphatic carbocycles. The first kappa shape index (κ1) is 30.1. The Morgan fingerprint density at radius 2 is 1.33 bits per heavy atom. The summed E-state index contributed by atoms with van der Waals surface area (Å²) in [4.78, 5) is 0. The highest BCUT2D eigenvalue weighted by Gasteiger charge is 2.35. The van der Waals surface area contributed by atoms with Crippen LogP contribution < -0.4 is 0 Å². The summed E-state index contributed by atoms with van der Waals surface area (Å²) >= 11 is 0. The Bertz CT molecular complexity index is 1490. The highest BCUT2D eigenvalue weighted by Crippen LogP contribution is 2.45. The molecular formula is C34H32F7N. The lowest BCUT2D eigenvalue weighted by molar-refractivity contribution is 0.353. The lowest BCUT2D eigenvalue weighted by Crippen LogP contribution is -2.23. The third kappa shape index (κ3) is 5.80. The number of aryl methyl sites for hydroxylation is 1. The smallest absolute Gasteiger partial charge is 0.165 e. The minimum atomic E-state index is -1.20. The number of hydrogen-bond donors (Lipinski definition) is 0. The van der Waals surface area contributed by atoms with Crippen LogP contribution in [0.1, 0.15) is 103 Å². The monoisotopic (exact) mass is 587 g/mol. The van der Waals surface area contributed by atoms with Crippen molar-refractivity contribution in [3.63, 3.8) is 0 Å². The van der Waals surface area contributed by atoms with Gasteiger partial charge in [0.05, 0.1) is 0 Å². The molecule has 2 aliphatic rings. The molecule has 3 aromatic carbocycles. The molecule has 0 bridgehead atoms. The van der Waals surface area contributed by atoms with Gasteiger partial charge in [0.25, 0.3) is 0 Å². The highest BCUT2D eigenvalue weighted by atomic mass is 19.2. The number of nitrogens with zero attached hydrogens (tertiary/aromatic N) is 1. The first-order valence-corrected chi connectivity index (χ1v) is 14.7. The van der Waals surface area contributed by atoms with Crippen LogP contribution in [-0.4, -0.2) is 0 Å². The topological polar surface area (TPSA) is 23.8 Å². The molecule has 42 heavy (non-hydrogen) atoms. The van der Waals surface area contributed by atoms with E-state index in [2.05, 4.69) is 0 Å². The third-order valence-electron chi connectivity index (χ3n) is 9.18. The van der Waals surface area contributed by atoms with Crippen molar-refractivity contribution in [2.75, 3.05) is 0 Å². The molecule has 1 unspecified atom stereocenters. The molecule has 0 aromatic heterocycles. The van der Waals surface area contributed by atoms with Crippen molar-refractivity contribution in [3.05, 3.63) is 104 Å². The Labute approximate surface area is 241 Å². The van der Waals surface area contributed by atoms with Crippen molar-refractivity contribution in [2.45, 2.75) is 89.4 Å². The third-order valence-corrected chi connectivity index (χ3v) is 9.18. The summed E-state index contributed by atoms with van der Waals surface area (Å²) in [7, 11) is 0. The van der Waals surface area contributed by atoms with Crippen LogP contribution in [0.2, 0.25) is 0 Å². The first-order valence-electron chi connectivity index (χ1n) is 14.7. The summed E-state index contributed by atoms with van der Waals surface area (Å²) < 4.78 is 104. The van der Waals surface area contributed by atoms with E-state index in [1.54, 1.807) is 0 Å². The Hall–Kier alpha value is -3.34. The van der Waals surface area contributed by atoms with Crippen molar-refractivity contribution in [2.24, 2.45) is 5.92 Å². The Kier molecular flexibility index (Phi) is 8.96. The number of fused-ring (bicyclic) bond motifs is 1. The molecule has 5 rings (SSSR count). The number of halogens is 7. The van der Waals surface area contributed by atoms with E-state index in [0.29, 0.717) is 56.1 Å². The maximum absolute atomic E-state index is 15.7. The van der Waals surface area contributed by atoms with Crippen molar-refractivity contribution in [1.82, 2.24) is 0 Å². The summed E-state index contributed by atoms with van der Waals surface area (Å²) in [6, 6.07) is 6.45. The predicted octanol–water partition coefficient (Wildman–Crippen LogP) is 9.66. The van der Waals surface area contributed by atoms with Gasteiger partial charge < -0.3 is 0 Å². The SMILES string of the molecule is CCCc1cc(F)c(CCC2CCc3c(F)c(C4CCC(c5cc(F)c(C#N)c(F)c5)CC4)c(F)c(F)c3C2)c(F)c1. The molecule has 0 aliphatic heterocycles. The van der Waals surface area contributed by atoms with Gasteiger partial charge in [-0.2, -0.15) is 5.26 Å². The van der Waals surface area contributed by atoms with Gasteiger partial charge in [0.2, 0.25) is 0 Å². The van der Waals surface area contributed by atoms with Gasteiger partial charge in [0, 0.05) is 11.1 Å². The quantitative estimate of drug-likeness (QED) is 0.199. The van der Waals surface area contributed by atoms with Gasteiger partial charge in [-0.1, -0.05) is 13.3 Å². The van der Waals surface area contributed by atoms with Crippen LogP contribution in [-0.2, 0) is 25.7 Å². The van der Waals surface area contributed by atoms with E-state index in [-0.39, 0.29) is 53.4 Å². The average molecular weight is 588 g/mol. The molecule has 0 saturated heterocycles. The maximum atomic E-state index is 15.7. The van der Waals surface area contributed by atoms with Crippen LogP contribution >= 0.6 is 0 Å². The molecule has 1 fully saturated rings. The van der Waals surface area contributed by atoms with E-state index in [1.807, 2.05) is 6.92 Å². The Balaban J connectivity index is 1.28. The van der Waals surface area contributed by atoms with Gasteiger partial charge in [0.15, 0.2) is 11.6 Å². The Morgan fingerprint density at radius 1 is 0.714 bits per heavy atom. The van der Waals surface area contributed by atoms with Crippen molar-refractivity contribution < 1.29 is 30.7 Å². The van der Waals surface area contributed by atoms with Crippen LogP contribution in [0.3, 0.4) is 0 Å². The zero-order valence-electron chi connectivity index (χ0n) is 23.4. The minimum Gasteiger partial charge on any atom is -0.207 e. The van der Waals surface area contributed by atoms with E-state index in [0.717, 1.165) is 18.6 Å². The second kappa shape index (κ2) is 12.5. The summed E-state index contributed by atoms with van der Waals surface area (Å²) in [6.45, 7) is 1.93. The van der Waals surface area contributed by atoms with Gasteiger partial charge >= 0.3 is 0 Å². The molecule has 3 aromatic rings. The van der Waals surface area contributed by atoms with E-state index >= 15 is 13.2 Å². The number of benzene rings is 3. The molecule has 1 atom stereocenters. The number of nitriles is 1. The zero-order valence-corrected chi connectivity index (χ0v) is 23.4. The summed E-state index contributed by atoms with van der Waals surface area (Å²) in [5.74, 6) is -7.08. The van der Waals surface area contributed by atoms with E-state index < -0.39 is 52.2 Å².